The van der Waals surface area contributed by atoms with E-state index in [1.807, 2.05) is 28.7 Å². The number of hydrogen-bond acceptors (Lipinski definition) is 4. The van der Waals surface area contributed by atoms with Gasteiger partial charge in [-0.15, -0.1) is 0 Å². The molecule has 0 fully saturated rings. The van der Waals surface area contributed by atoms with E-state index in [1.54, 1.807) is 36.4 Å². The lowest BCUT2D eigenvalue weighted by Gasteiger charge is -2.12. The van der Waals surface area contributed by atoms with Gasteiger partial charge in [-0.2, -0.15) is 0 Å². The van der Waals surface area contributed by atoms with Crippen molar-refractivity contribution in [3.63, 3.8) is 0 Å². The summed E-state index contributed by atoms with van der Waals surface area (Å²) in [6.45, 7) is 6.37. The number of hydrogen-bond donors (Lipinski definition) is 2. The van der Waals surface area contributed by atoms with E-state index in [0.29, 0.717) is 17.0 Å². The Balaban J connectivity index is 1.46. The molecule has 0 saturated carbocycles. The number of fused-ring (bicyclic) bond motifs is 1. The normalized spacial score (nSPS) is 11.3. The van der Waals surface area contributed by atoms with Crippen molar-refractivity contribution in [2.45, 2.75) is 26.8 Å². The number of anilines is 1. The molecule has 0 saturated heterocycles. The summed E-state index contributed by atoms with van der Waals surface area (Å²) in [7, 11) is 4.20. The number of carbonyl (C=O) groups excluding carboxylic acids is 1. The monoisotopic (exact) mass is 583 g/mol. The molecule has 0 spiro atoms. The molecule has 182 valence electrons. The minimum atomic E-state index is -0.250. The van der Waals surface area contributed by atoms with Crippen molar-refractivity contribution in [3.05, 3.63) is 81.1 Å². The first kappa shape index (κ1) is 25.1. The van der Waals surface area contributed by atoms with E-state index in [0.717, 1.165) is 28.8 Å². The maximum Gasteiger partial charge on any atom is 0.255 e. The van der Waals surface area contributed by atoms with E-state index in [-0.39, 0.29) is 11.7 Å². The average Bonchev–Trinajstić information content (AvgIpc) is 3.06. The smallest absolute Gasteiger partial charge is 0.255 e. The lowest BCUT2D eigenvalue weighted by Crippen LogP contribution is -2.15. The Morgan fingerprint density at radius 2 is 1.74 bits per heavy atom. The van der Waals surface area contributed by atoms with Crippen LogP contribution in [0.3, 0.4) is 0 Å². The molecular formula is C28H30IN3O3. The van der Waals surface area contributed by atoms with Gasteiger partial charge in [-0.05, 0) is 124 Å². The molecule has 0 unspecified atom stereocenters. The van der Waals surface area contributed by atoms with Crippen molar-refractivity contribution in [2.75, 3.05) is 26.0 Å². The maximum atomic E-state index is 12.6. The van der Waals surface area contributed by atoms with Crippen molar-refractivity contribution in [1.29, 1.82) is 0 Å². The van der Waals surface area contributed by atoms with E-state index < -0.39 is 0 Å². The number of carbonyl (C=O) groups is 1. The molecule has 1 heterocycles. The average molecular weight is 583 g/mol. The van der Waals surface area contributed by atoms with Gasteiger partial charge >= 0.3 is 0 Å². The summed E-state index contributed by atoms with van der Waals surface area (Å²) in [4.78, 5) is 14.8. The SMILES string of the molecule is Cc1c(C)n(CCCN(C)C)c2ccc(Oc3ccc(C(=O)Nc4ccc(I)c(O)c4)cc3)cc12. The minimum Gasteiger partial charge on any atom is -0.507 e. The number of phenolic OH excluding ortho intramolecular Hbond substituents is 1. The van der Waals surface area contributed by atoms with E-state index in [9.17, 15) is 9.90 Å². The second kappa shape index (κ2) is 10.7. The van der Waals surface area contributed by atoms with Crippen LogP contribution in [0.5, 0.6) is 17.2 Å². The summed E-state index contributed by atoms with van der Waals surface area (Å²) < 4.78 is 9.22. The van der Waals surface area contributed by atoms with Crippen molar-refractivity contribution >= 4 is 45.1 Å². The molecule has 0 aliphatic rings. The molecule has 1 amide bonds. The molecule has 0 aliphatic heterocycles. The molecule has 4 aromatic rings. The fourth-order valence-electron chi connectivity index (χ4n) is 4.13. The third-order valence-electron chi connectivity index (χ3n) is 6.15. The van der Waals surface area contributed by atoms with Gasteiger partial charge in [-0.3, -0.25) is 4.79 Å². The van der Waals surface area contributed by atoms with Crippen LogP contribution in [0.15, 0.2) is 60.7 Å². The molecule has 3 aromatic carbocycles. The van der Waals surface area contributed by atoms with E-state index in [2.05, 4.69) is 54.9 Å². The predicted octanol–water partition coefficient (Wildman–Crippen LogP) is 6.56. The molecule has 0 bridgehead atoms. The van der Waals surface area contributed by atoms with Crippen LogP contribution in [0, 0.1) is 17.4 Å². The van der Waals surface area contributed by atoms with Crippen LogP contribution >= 0.6 is 22.6 Å². The predicted molar refractivity (Wildman–Crippen MR) is 150 cm³/mol. The number of aryl methyl sites for hydroxylation is 2. The number of benzene rings is 3. The highest BCUT2D eigenvalue weighted by molar-refractivity contribution is 14.1. The Bertz CT molecular complexity index is 1360. The van der Waals surface area contributed by atoms with Crippen LogP contribution in [0.1, 0.15) is 28.0 Å². The molecule has 0 radical (unpaired) electrons. The van der Waals surface area contributed by atoms with Crippen LogP contribution in [0.25, 0.3) is 10.9 Å². The molecule has 4 rings (SSSR count). The number of rotatable bonds is 8. The highest BCUT2D eigenvalue weighted by atomic mass is 127. The highest BCUT2D eigenvalue weighted by Gasteiger charge is 2.13. The second-order valence-electron chi connectivity index (χ2n) is 8.94. The lowest BCUT2D eigenvalue weighted by atomic mass is 10.1. The number of aromatic hydroxyl groups is 1. The van der Waals surface area contributed by atoms with Gasteiger partial charge in [0, 0.05) is 40.5 Å². The van der Waals surface area contributed by atoms with Crippen LogP contribution in [-0.2, 0) is 6.54 Å². The Labute approximate surface area is 219 Å². The maximum absolute atomic E-state index is 12.6. The molecule has 0 atom stereocenters. The van der Waals surface area contributed by atoms with Crippen LogP contribution < -0.4 is 10.1 Å². The number of halogens is 1. The number of nitrogens with one attached hydrogen (secondary N) is 1. The summed E-state index contributed by atoms with van der Waals surface area (Å²) in [6, 6.07) is 18.3. The number of aromatic nitrogens is 1. The van der Waals surface area contributed by atoms with Crippen molar-refractivity contribution in [3.8, 4) is 17.2 Å². The summed E-state index contributed by atoms with van der Waals surface area (Å²) in [5, 5.41) is 13.8. The molecule has 6 nitrogen and oxygen atoms in total. The van der Waals surface area contributed by atoms with Gasteiger partial charge in [-0.1, -0.05) is 0 Å². The van der Waals surface area contributed by atoms with E-state index >= 15 is 0 Å². The molecule has 7 heteroatoms. The lowest BCUT2D eigenvalue weighted by molar-refractivity contribution is 0.102. The molecule has 2 N–H and O–H groups in total. The van der Waals surface area contributed by atoms with Gasteiger partial charge in [0.1, 0.15) is 17.2 Å². The third-order valence-corrected chi connectivity index (χ3v) is 7.07. The van der Waals surface area contributed by atoms with Crippen LogP contribution in [0.4, 0.5) is 5.69 Å². The van der Waals surface area contributed by atoms with Gasteiger partial charge in [-0.25, -0.2) is 0 Å². The first-order valence-corrected chi connectivity index (χ1v) is 12.6. The largest absolute Gasteiger partial charge is 0.507 e. The topological polar surface area (TPSA) is 66.7 Å². The first-order valence-electron chi connectivity index (χ1n) is 11.5. The summed E-state index contributed by atoms with van der Waals surface area (Å²) >= 11 is 2.04. The van der Waals surface area contributed by atoms with E-state index in [4.69, 9.17) is 4.74 Å². The zero-order valence-electron chi connectivity index (χ0n) is 20.4. The number of phenols is 1. The molecule has 1 aromatic heterocycles. The van der Waals surface area contributed by atoms with Crippen molar-refractivity contribution in [1.82, 2.24) is 9.47 Å². The zero-order valence-corrected chi connectivity index (χ0v) is 22.6. The van der Waals surface area contributed by atoms with Gasteiger partial charge in [0.05, 0.1) is 3.57 Å². The Morgan fingerprint density at radius 3 is 2.43 bits per heavy atom. The van der Waals surface area contributed by atoms with Gasteiger partial charge in [0.2, 0.25) is 0 Å². The Morgan fingerprint density at radius 1 is 1.03 bits per heavy atom. The molecular weight excluding hydrogens is 553 g/mol. The second-order valence-corrected chi connectivity index (χ2v) is 10.1. The van der Waals surface area contributed by atoms with Crippen molar-refractivity contribution < 1.29 is 14.6 Å². The van der Waals surface area contributed by atoms with Crippen molar-refractivity contribution in [2.24, 2.45) is 0 Å². The summed E-state index contributed by atoms with van der Waals surface area (Å²) in [5.41, 5.74) is 4.82. The fourth-order valence-corrected chi connectivity index (χ4v) is 4.47. The highest BCUT2D eigenvalue weighted by Crippen LogP contribution is 2.31. The Kier molecular flexibility index (Phi) is 7.66. The quantitative estimate of drug-likeness (QED) is 0.231. The van der Waals surface area contributed by atoms with Crippen LogP contribution in [0.2, 0.25) is 0 Å². The molecule has 35 heavy (non-hydrogen) atoms. The Hall–Kier alpha value is -3.04. The van der Waals surface area contributed by atoms with Crippen LogP contribution in [-0.4, -0.2) is 41.1 Å². The zero-order chi connectivity index (χ0) is 25.1. The van der Waals surface area contributed by atoms with E-state index in [1.165, 1.54) is 28.2 Å². The number of ether oxygens (including phenoxy) is 1. The third kappa shape index (κ3) is 5.79. The van der Waals surface area contributed by atoms with Gasteiger partial charge in [0.25, 0.3) is 5.91 Å². The first-order chi connectivity index (χ1) is 16.7. The summed E-state index contributed by atoms with van der Waals surface area (Å²) in [6.07, 6.45) is 1.10. The molecule has 0 aliphatic carbocycles. The number of nitrogens with zero attached hydrogens (tertiary/aromatic N) is 2. The standard InChI is InChI=1S/C28H30IN3O3/c1-18-19(2)32(15-5-14-31(3)4)26-13-11-23(17-24(18)26)35-22-9-6-20(7-10-22)28(34)30-21-8-12-25(29)27(33)16-21/h6-13,16-17,33H,5,14-15H2,1-4H3,(H,30,34). The number of amides is 1. The summed E-state index contributed by atoms with van der Waals surface area (Å²) in [5.74, 6) is 1.31. The fraction of sp³-hybridized carbons (Fsp3) is 0.250. The van der Waals surface area contributed by atoms with Gasteiger partial charge < -0.3 is 24.6 Å². The minimum absolute atomic E-state index is 0.137. The van der Waals surface area contributed by atoms with Gasteiger partial charge in [0.15, 0.2) is 0 Å².